The van der Waals surface area contributed by atoms with Crippen molar-refractivity contribution in [1.82, 2.24) is 5.32 Å². The van der Waals surface area contributed by atoms with Gasteiger partial charge in [-0.25, -0.2) is 0 Å². The lowest BCUT2D eigenvalue weighted by Gasteiger charge is -2.26. The van der Waals surface area contributed by atoms with Gasteiger partial charge in [0.25, 0.3) is 5.91 Å². The van der Waals surface area contributed by atoms with Crippen LogP contribution in [-0.4, -0.2) is 29.4 Å². The van der Waals surface area contributed by atoms with Crippen molar-refractivity contribution in [3.63, 3.8) is 0 Å². The van der Waals surface area contributed by atoms with Gasteiger partial charge < -0.3 is 10.4 Å². The second-order valence-corrected chi connectivity index (χ2v) is 6.65. The van der Waals surface area contributed by atoms with Gasteiger partial charge in [0.15, 0.2) is 0 Å². The van der Waals surface area contributed by atoms with E-state index in [0.29, 0.717) is 18.5 Å². The summed E-state index contributed by atoms with van der Waals surface area (Å²) in [6.45, 7) is 5.92. The van der Waals surface area contributed by atoms with Crippen LogP contribution >= 0.6 is 15.9 Å². The zero-order valence-corrected chi connectivity index (χ0v) is 13.5. The molecule has 0 heterocycles. The highest BCUT2D eigenvalue weighted by atomic mass is 79.9. The highest BCUT2D eigenvalue weighted by Gasteiger charge is 2.23. The third kappa shape index (κ3) is 5.43. The van der Waals surface area contributed by atoms with Gasteiger partial charge in [-0.3, -0.25) is 9.59 Å². The third-order valence-corrected chi connectivity index (χ3v) is 3.42. The van der Waals surface area contributed by atoms with E-state index in [-0.39, 0.29) is 5.41 Å². The number of amides is 1. The molecule has 4 nitrogen and oxygen atoms in total. The van der Waals surface area contributed by atoms with Crippen LogP contribution in [0.3, 0.4) is 0 Å². The summed E-state index contributed by atoms with van der Waals surface area (Å²) < 4.78 is 0.854. The fourth-order valence-electron chi connectivity index (χ4n) is 2.00. The van der Waals surface area contributed by atoms with E-state index in [9.17, 15) is 14.7 Å². The van der Waals surface area contributed by atoms with Crippen molar-refractivity contribution >= 4 is 27.6 Å². The first-order valence-corrected chi connectivity index (χ1v) is 7.27. The number of nitrogens with one attached hydrogen (secondary N) is 1. The van der Waals surface area contributed by atoms with Crippen molar-refractivity contribution in [2.75, 3.05) is 6.54 Å². The molecule has 110 valence electrons. The van der Waals surface area contributed by atoms with Crippen LogP contribution in [0.15, 0.2) is 28.7 Å². The summed E-state index contributed by atoms with van der Waals surface area (Å²) in [4.78, 5) is 23.7. The van der Waals surface area contributed by atoms with Crippen LogP contribution in [0.25, 0.3) is 0 Å². The van der Waals surface area contributed by atoms with Crippen molar-refractivity contribution in [1.29, 1.82) is 0 Å². The normalized spacial score (nSPS) is 12.8. The second kappa shape index (κ2) is 6.99. The lowest BCUT2D eigenvalue weighted by atomic mass is 9.87. The minimum absolute atomic E-state index is 0.260. The largest absolute Gasteiger partial charge is 0.393 e. The molecule has 1 aromatic rings. The van der Waals surface area contributed by atoms with Gasteiger partial charge in [0.2, 0.25) is 5.78 Å². The maximum Gasteiger partial charge on any atom is 0.292 e. The number of benzene rings is 1. The highest BCUT2D eigenvalue weighted by Crippen LogP contribution is 2.21. The van der Waals surface area contributed by atoms with Gasteiger partial charge in [-0.1, -0.05) is 29.8 Å². The number of rotatable bonds is 6. The van der Waals surface area contributed by atoms with Gasteiger partial charge in [-0.15, -0.1) is 0 Å². The average molecular weight is 342 g/mol. The number of Topliss-reactive ketones (excluding diaryl/α,β-unsaturated/α-hetero) is 1. The van der Waals surface area contributed by atoms with Crippen LogP contribution in [0.4, 0.5) is 0 Å². The summed E-state index contributed by atoms with van der Waals surface area (Å²) in [6, 6.07) is 6.65. The fraction of sp³-hybridized carbons (Fsp3) is 0.467. The summed E-state index contributed by atoms with van der Waals surface area (Å²) in [5, 5.41) is 12.0. The van der Waals surface area contributed by atoms with Crippen LogP contribution in [0, 0.1) is 5.41 Å². The molecule has 1 amide bonds. The van der Waals surface area contributed by atoms with E-state index in [1.165, 1.54) is 0 Å². The van der Waals surface area contributed by atoms with E-state index < -0.39 is 17.8 Å². The molecule has 0 aliphatic carbocycles. The molecule has 0 aliphatic heterocycles. The molecular formula is C15H20BrNO3. The molecule has 0 saturated carbocycles. The monoisotopic (exact) mass is 341 g/mol. The maximum atomic E-state index is 11.9. The van der Waals surface area contributed by atoms with Crippen LogP contribution in [0.2, 0.25) is 0 Å². The number of hydrogen-bond acceptors (Lipinski definition) is 3. The number of carbonyl (C=O) groups excluding carboxylic acids is 2. The molecule has 0 aliphatic rings. The minimum atomic E-state index is -0.619. The summed E-state index contributed by atoms with van der Waals surface area (Å²) >= 11 is 3.28. The summed E-state index contributed by atoms with van der Waals surface area (Å²) in [6.07, 6.45) is 0.115. The highest BCUT2D eigenvalue weighted by molar-refractivity contribution is 9.10. The van der Waals surface area contributed by atoms with Crippen molar-refractivity contribution in [2.45, 2.75) is 33.3 Å². The van der Waals surface area contributed by atoms with Gasteiger partial charge in [0.05, 0.1) is 6.10 Å². The SMILES string of the molecule is CC(O)CC(C)(C)CNC(=O)C(=O)c1ccc(Br)cc1. The Morgan fingerprint density at radius 3 is 2.35 bits per heavy atom. The number of hydrogen-bond donors (Lipinski definition) is 2. The molecule has 20 heavy (non-hydrogen) atoms. The fourth-order valence-corrected chi connectivity index (χ4v) is 2.27. The maximum absolute atomic E-state index is 11.9. The van der Waals surface area contributed by atoms with E-state index in [4.69, 9.17) is 0 Å². The standard InChI is InChI=1S/C15H20BrNO3/c1-10(18)8-15(2,3)9-17-14(20)13(19)11-4-6-12(16)7-5-11/h4-7,10,18H,8-9H2,1-3H3,(H,17,20). The third-order valence-electron chi connectivity index (χ3n) is 2.89. The zero-order chi connectivity index (χ0) is 15.3. The molecule has 1 rings (SSSR count). The molecule has 1 unspecified atom stereocenters. The molecule has 2 N–H and O–H groups in total. The molecule has 1 atom stereocenters. The molecule has 1 aromatic carbocycles. The Morgan fingerprint density at radius 2 is 1.85 bits per heavy atom. The second-order valence-electron chi connectivity index (χ2n) is 5.74. The van der Waals surface area contributed by atoms with E-state index in [0.717, 1.165) is 4.47 Å². The van der Waals surface area contributed by atoms with E-state index in [2.05, 4.69) is 21.2 Å². The van der Waals surface area contributed by atoms with Crippen LogP contribution < -0.4 is 5.32 Å². The lowest BCUT2D eigenvalue weighted by molar-refractivity contribution is -0.117. The Kier molecular flexibility index (Phi) is 5.89. The Hall–Kier alpha value is -1.20. The van der Waals surface area contributed by atoms with Crippen LogP contribution in [0.5, 0.6) is 0 Å². The summed E-state index contributed by atoms with van der Waals surface area (Å²) in [5.41, 5.74) is 0.100. The molecule has 0 aromatic heterocycles. The number of aliphatic hydroxyl groups is 1. The minimum Gasteiger partial charge on any atom is -0.393 e. The first-order chi connectivity index (χ1) is 9.21. The van der Waals surface area contributed by atoms with Gasteiger partial charge in [-0.05, 0) is 43.0 Å². The Bertz CT molecular complexity index is 480. The van der Waals surface area contributed by atoms with Crippen molar-refractivity contribution in [3.8, 4) is 0 Å². The van der Waals surface area contributed by atoms with Gasteiger partial charge in [0, 0.05) is 16.6 Å². The Balaban J connectivity index is 2.58. The lowest BCUT2D eigenvalue weighted by Crippen LogP contribution is -2.39. The molecule has 0 radical (unpaired) electrons. The molecule has 0 spiro atoms. The Morgan fingerprint density at radius 1 is 1.30 bits per heavy atom. The van der Waals surface area contributed by atoms with Crippen LogP contribution in [0.1, 0.15) is 37.6 Å². The first-order valence-electron chi connectivity index (χ1n) is 6.47. The number of halogens is 1. The van der Waals surface area contributed by atoms with E-state index in [1.807, 2.05) is 13.8 Å². The zero-order valence-electron chi connectivity index (χ0n) is 11.9. The average Bonchev–Trinajstić information content (AvgIpc) is 2.34. The molecular weight excluding hydrogens is 322 g/mol. The molecule has 5 heteroatoms. The van der Waals surface area contributed by atoms with E-state index >= 15 is 0 Å². The predicted octanol–water partition coefficient (Wildman–Crippen LogP) is 2.55. The van der Waals surface area contributed by atoms with Crippen molar-refractivity contribution in [3.05, 3.63) is 34.3 Å². The molecule has 0 saturated heterocycles. The van der Waals surface area contributed by atoms with Crippen molar-refractivity contribution in [2.24, 2.45) is 5.41 Å². The van der Waals surface area contributed by atoms with Gasteiger partial charge >= 0.3 is 0 Å². The number of aliphatic hydroxyl groups excluding tert-OH is 1. The summed E-state index contributed by atoms with van der Waals surface area (Å²) in [7, 11) is 0. The number of carbonyl (C=O) groups is 2. The topological polar surface area (TPSA) is 66.4 Å². The van der Waals surface area contributed by atoms with Gasteiger partial charge in [0.1, 0.15) is 0 Å². The molecule has 0 bridgehead atoms. The molecule has 0 fully saturated rings. The quantitative estimate of drug-likeness (QED) is 0.617. The number of ketones is 1. The van der Waals surface area contributed by atoms with Crippen molar-refractivity contribution < 1.29 is 14.7 Å². The first kappa shape index (κ1) is 16.9. The van der Waals surface area contributed by atoms with Gasteiger partial charge in [-0.2, -0.15) is 0 Å². The summed E-state index contributed by atoms with van der Waals surface area (Å²) in [5.74, 6) is -1.17. The van der Waals surface area contributed by atoms with E-state index in [1.54, 1.807) is 31.2 Å². The Labute approximate surface area is 127 Å². The van der Waals surface area contributed by atoms with Crippen LogP contribution in [-0.2, 0) is 4.79 Å². The smallest absolute Gasteiger partial charge is 0.292 e. The predicted molar refractivity (Wildman–Crippen MR) is 81.6 cm³/mol.